The van der Waals surface area contributed by atoms with Gasteiger partial charge in [0.25, 0.3) is 0 Å². The Balaban J connectivity index is 2.72. The number of aliphatic carboxylic acids is 1. The van der Waals surface area contributed by atoms with Crippen LogP contribution in [0.4, 0.5) is 5.69 Å². The standard InChI is InChI=1S/C8H7BrClNO2/c9-5-1-2-7(6(10)3-5)11-4-8(12)13/h1-3,11H,4H2,(H,12,13)/p-1. The molecule has 1 aromatic carbocycles. The molecule has 5 heteroatoms. The zero-order chi connectivity index (χ0) is 9.84. The van der Waals surface area contributed by atoms with Gasteiger partial charge in [-0.15, -0.1) is 0 Å². The van der Waals surface area contributed by atoms with Crippen molar-refractivity contribution >= 4 is 39.2 Å². The van der Waals surface area contributed by atoms with Crippen LogP contribution in [0.25, 0.3) is 0 Å². The minimum Gasteiger partial charge on any atom is -0.548 e. The number of carbonyl (C=O) groups is 1. The van der Waals surface area contributed by atoms with Gasteiger partial charge in [0, 0.05) is 4.47 Å². The Morgan fingerprint density at radius 3 is 2.85 bits per heavy atom. The van der Waals surface area contributed by atoms with Gasteiger partial charge in [0.15, 0.2) is 0 Å². The molecule has 0 aliphatic rings. The van der Waals surface area contributed by atoms with E-state index in [0.717, 1.165) is 4.47 Å². The van der Waals surface area contributed by atoms with E-state index in [1.807, 2.05) is 0 Å². The molecule has 3 nitrogen and oxygen atoms in total. The van der Waals surface area contributed by atoms with Crippen molar-refractivity contribution in [1.82, 2.24) is 0 Å². The van der Waals surface area contributed by atoms with Crippen molar-refractivity contribution in [2.24, 2.45) is 0 Å². The summed E-state index contributed by atoms with van der Waals surface area (Å²) in [6, 6.07) is 5.14. The van der Waals surface area contributed by atoms with Gasteiger partial charge in [0.05, 0.1) is 23.2 Å². The molecule has 70 valence electrons. The molecule has 0 fully saturated rings. The first kappa shape index (κ1) is 10.3. The summed E-state index contributed by atoms with van der Waals surface area (Å²) in [5, 5.41) is 13.2. The van der Waals surface area contributed by atoms with E-state index in [-0.39, 0.29) is 6.54 Å². The number of carboxylic acid groups (broad SMARTS) is 1. The van der Waals surface area contributed by atoms with E-state index in [9.17, 15) is 9.90 Å². The topological polar surface area (TPSA) is 52.2 Å². The second kappa shape index (κ2) is 4.48. The summed E-state index contributed by atoms with van der Waals surface area (Å²) in [4.78, 5) is 10.1. The van der Waals surface area contributed by atoms with Crippen molar-refractivity contribution in [3.05, 3.63) is 27.7 Å². The van der Waals surface area contributed by atoms with Gasteiger partial charge in [-0.3, -0.25) is 0 Å². The van der Waals surface area contributed by atoms with Crippen LogP contribution in [-0.4, -0.2) is 12.5 Å². The van der Waals surface area contributed by atoms with Gasteiger partial charge in [-0.25, -0.2) is 0 Å². The van der Waals surface area contributed by atoms with Crippen LogP contribution in [0.2, 0.25) is 5.02 Å². The van der Waals surface area contributed by atoms with Crippen LogP contribution in [0.5, 0.6) is 0 Å². The predicted octanol–water partition coefficient (Wildman–Crippen LogP) is 1.26. The third kappa shape index (κ3) is 3.24. The van der Waals surface area contributed by atoms with Gasteiger partial charge in [-0.05, 0) is 18.2 Å². The maximum atomic E-state index is 10.1. The SMILES string of the molecule is O=C([O-])CNc1ccc(Br)cc1Cl. The summed E-state index contributed by atoms with van der Waals surface area (Å²) in [7, 11) is 0. The normalized spacial score (nSPS) is 9.69. The smallest absolute Gasteiger partial charge is 0.0648 e. The van der Waals surface area contributed by atoms with Crippen LogP contribution in [-0.2, 0) is 4.79 Å². The Morgan fingerprint density at radius 1 is 1.62 bits per heavy atom. The lowest BCUT2D eigenvalue weighted by atomic mass is 10.3. The van der Waals surface area contributed by atoms with Crippen LogP contribution in [0, 0.1) is 0 Å². The number of anilines is 1. The molecule has 0 aliphatic carbocycles. The van der Waals surface area contributed by atoms with Crippen molar-refractivity contribution in [3.63, 3.8) is 0 Å². The summed E-state index contributed by atoms with van der Waals surface area (Å²) >= 11 is 9.04. The maximum Gasteiger partial charge on any atom is 0.0648 e. The highest BCUT2D eigenvalue weighted by Gasteiger charge is 1.99. The van der Waals surface area contributed by atoms with Gasteiger partial charge in [0.1, 0.15) is 0 Å². The van der Waals surface area contributed by atoms with Gasteiger partial charge in [0.2, 0.25) is 0 Å². The van der Waals surface area contributed by atoms with E-state index >= 15 is 0 Å². The van der Waals surface area contributed by atoms with E-state index in [4.69, 9.17) is 11.6 Å². The number of hydrogen-bond donors (Lipinski definition) is 1. The second-order valence-corrected chi connectivity index (χ2v) is 3.67. The van der Waals surface area contributed by atoms with Gasteiger partial charge >= 0.3 is 0 Å². The molecule has 0 heterocycles. The average molecular weight is 263 g/mol. The van der Waals surface area contributed by atoms with Crippen molar-refractivity contribution in [2.45, 2.75) is 0 Å². The summed E-state index contributed by atoms with van der Waals surface area (Å²) < 4.78 is 0.844. The number of carbonyl (C=O) groups excluding carboxylic acids is 1. The molecule has 1 rings (SSSR count). The molecule has 1 N–H and O–H groups in total. The van der Waals surface area contributed by atoms with E-state index in [2.05, 4.69) is 21.2 Å². The van der Waals surface area contributed by atoms with Crippen LogP contribution in [0.1, 0.15) is 0 Å². The first-order valence-corrected chi connectivity index (χ1v) is 4.65. The third-order valence-corrected chi connectivity index (χ3v) is 2.16. The van der Waals surface area contributed by atoms with Crippen molar-refractivity contribution < 1.29 is 9.90 Å². The predicted molar refractivity (Wildman–Crippen MR) is 52.6 cm³/mol. The zero-order valence-corrected chi connectivity index (χ0v) is 8.85. The number of rotatable bonds is 3. The second-order valence-electron chi connectivity index (χ2n) is 2.35. The molecule has 13 heavy (non-hydrogen) atoms. The largest absolute Gasteiger partial charge is 0.548 e. The Bertz CT molecular complexity index is 330. The lowest BCUT2D eigenvalue weighted by Gasteiger charge is -2.08. The minimum atomic E-state index is -1.17. The number of nitrogens with one attached hydrogen (secondary N) is 1. The molecule has 0 saturated carbocycles. The van der Waals surface area contributed by atoms with Crippen molar-refractivity contribution in [3.8, 4) is 0 Å². The lowest BCUT2D eigenvalue weighted by Crippen LogP contribution is -2.30. The monoisotopic (exact) mass is 262 g/mol. The van der Waals surface area contributed by atoms with E-state index in [1.54, 1.807) is 18.2 Å². The molecule has 0 aliphatic heterocycles. The quantitative estimate of drug-likeness (QED) is 0.893. The Kier molecular flexibility index (Phi) is 3.57. The molecular weight excluding hydrogens is 257 g/mol. The molecule has 0 radical (unpaired) electrons. The van der Waals surface area contributed by atoms with Crippen LogP contribution >= 0.6 is 27.5 Å². The number of carboxylic acids is 1. The number of benzene rings is 1. The minimum absolute atomic E-state index is 0.249. The molecule has 0 saturated heterocycles. The molecule has 0 aromatic heterocycles. The molecule has 0 unspecified atom stereocenters. The first-order chi connectivity index (χ1) is 6.09. The Labute approximate surface area is 88.8 Å². The van der Waals surface area contributed by atoms with E-state index in [0.29, 0.717) is 10.7 Å². The fraction of sp³-hybridized carbons (Fsp3) is 0.125. The molecule has 0 bridgehead atoms. The van der Waals surface area contributed by atoms with E-state index < -0.39 is 5.97 Å². The maximum absolute atomic E-state index is 10.1. The van der Waals surface area contributed by atoms with E-state index in [1.165, 1.54) is 0 Å². The van der Waals surface area contributed by atoms with Crippen molar-refractivity contribution in [2.75, 3.05) is 11.9 Å². The molecule has 1 aromatic rings. The molecule has 0 atom stereocenters. The summed E-state index contributed by atoms with van der Waals surface area (Å²) in [6.07, 6.45) is 0. The average Bonchev–Trinajstić information content (AvgIpc) is 2.02. The summed E-state index contributed by atoms with van der Waals surface area (Å²) in [6.45, 7) is -0.249. The highest BCUT2D eigenvalue weighted by molar-refractivity contribution is 9.10. The van der Waals surface area contributed by atoms with Crippen LogP contribution in [0.3, 0.4) is 0 Å². The summed E-state index contributed by atoms with van der Waals surface area (Å²) in [5.74, 6) is -1.17. The van der Waals surface area contributed by atoms with Crippen LogP contribution in [0.15, 0.2) is 22.7 Å². The highest BCUT2D eigenvalue weighted by Crippen LogP contribution is 2.25. The molecular formula is C8H6BrClNO2-. The highest BCUT2D eigenvalue weighted by atomic mass is 79.9. The molecule has 0 spiro atoms. The molecule has 0 amide bonds. The zero-order valence-electron chi connectivity index (χ0n) is 6.51. The summed E-state index contributed by atoms with van der Waals surface area (Å²) in [5.41, 5.74) is 0.578. The third-order valence-electron chi connectivity index (χ3n) is 1.35. The fourth-order valence-electron chi connectivity index (χ4n) is 0.800. The van der Waals surface area contributed by atoms with Gasteiger partial charge in [-0.2, -0.15) is 0 Å². The number of halogens is 2. The van der Waals surface area contributed by atoms with Gasteiger partial charge in [-0.1, -0.05) is 27.5 Å². The number of hydrogen-bond acceptors (Lipinski definition) is 3. The van der Waals surface area contributed by atoms with Gasteiger partial charge < -0.3 is 15.2 Å². The van der Waals surface area contributed by atoms with Crippen molar-refractivity contribution in [1.29, 1.82) is 0 Å². The first-order valence-electron chi connectivity index (χ1n) is 3.48. The van der Waals surface area contributed by atoms with Crippen LogP contribution < -0.4 is 10.4 Å². The Morgan fingerprint density at radius 2 is 2.31 bits per heavy atom. The Hall–Kier alpha value is -0.740. The fourth-order valence-corrected chi connectivity index (χ4v) is 1.54. The lowest BCUT2D eigenvalue weighted by molar-refractivity contribution is -0.302.